The fourth-order valence-corrected chi connectivity index (χ4v) is 0. The molecule has 0 heterocycles. The summed E-state index contributed by atoms with van der Waals surface area (Å²) in [6.07, 6.45) is 0. The molecule has 0 aromatic heterocycles. The van der Waals surface area contributed by atoms with Crippen molar-refractivity contribution in [3.63, 3.8) is 0 Å². The zero-order chi connectivity index (χ0) is 2.71. The van der Waals surface area contributed by atoms with Crippen molar-refractivity contribution >= 4 is 12.4 Å². The minimum absolute atomic E-state index is 0. The Bertz CT molecular complexity index is 6.00. The van der Waals surface area contributed by atoms with Crippen molar-refractivity contribution in [3.8, 4) is 0 Å². The van der Waals surface area contributed by atoms with Gasteiger partial charge in [-0.15, -0.1) is 12.4 Å². The van der Waals surface area contributed by atoms with Crippen LogP contribution in [0, 0.1) is 0 Å². The zero-order valence-corrected chi connectivity index (χ0v) is 4.16. The van der Waals surface area contributed by atoms with Gasteiger partial charge in [0, 0.05) is 0 Å². The molecule has 0 radical (unpaired) electrons. The van der Waals surface area contributed by atoms with Crippen LogP contribution in [0.3, 0.4) is 0 Å². The van der Waals surface area contributed by atoms with Crippen molar-refractivity contribution in [2.45, 2.75) is 0 Å². The Kier molecular flexibility index (Phi) is 20.1. The topological polar surface area (TPSA) is 52.0 Å². The Balaban J connectivity index is 0. The second-order valence-electron chi connectivity index (χ2n) is 0.101. The van der Waals surface area contributed by atoms with E-state index in [-0.39, 0.29) is 32.7 Å². The molecule has 0 saturated carbocycles. The molecule has 0 saturated heterocycles. The van der Waals surface area contributed by atoms with E-state index in [9.17, 15) is 0 Å². The fourth-order valence-electron chi connectivity index (χ4n) is 0. The Morgan fingerprint density at radius 2 is 1.25 bits per heavy atom. The van der Waals surface area contributed by atoms with Crippen molar-refractivity contribution in [1.29, 1.82) is 0 Å². The number of hydrogen-bond donors (Lipinski definition) is 2. The first kappa shape index (κ1) is 8.87. The van der Waals surface area contributed by atoms with Gasteiger partial charge in [-0.05, 0) is 0 Å². The third-order valence-electron chi connectivity index (χ3n) is 0. The van der Waals surface area contributed by atoms with Crippen molar-refractivity contribution in [3.05, 3.63) is 0 Å². The van der Waals surface area contributed by atoms with E-state index in [1.807, 2.05) is 0 Å². The van der Waals surface area contributed by atoms with Gasteiger partial charge in [0.15, 0.2) is 0 Å². The summed E-state index contributed by atoms with van der Waals surface area (Å²) in [6, 6.07) is 0. The van der Waals surface area contributed by atoms with Crippen LogP contribution in [0.5, 0.6) is 0 Å². The number of halogens is 1. The van der Waals surface area contributed by atoms with Gasteiger partial charge in [0.25, 0.3) is 0 Å². The Hall–Kier alpha value is 0.950. The average molecular weight is 176 g/mol. The molecule has 0 fully saturated rings. The van der Waals surface area contributed by atoms with Crippen LogP contribution in [0.4, 0.5) is 0 Å². The predicted octanol–water partition coefficient (Wildman–Crippen LogP) is -0.762. The van der Waals surface area contributed by atoms with E-state index in [2.05, 4.69) is 8.27 Å². The van der Waals surface area contributed by atoms with E-state index in [1.54, 1.807) is 0 Å². The van der Waals surface area contributed by atoms with Gasteiger partial charge >= 0.3 is 28.6 Å². The van der Waals surface area contributed by atoms with E-state index in [1.165, 1.54) is 0 Å². The van der Waals surface area contributed by atoms with E-state index < -0.39 is 0 Å². The van der Waals surface area contributed by atoms with Gasteiger partial charge in [-0.25, -0.2) is 0 Å². The second-order valence-corrected chi connectivity index (χ2v) is 0.595. The van der Waals surface area contributed by atoms with E-state index in [0.717, 1.165) is 0 Å². The summed E-state index contributed by atoms with van der Waals surface area (Å²) < 4.78 is 9.31. The summed E-state index contributed by atoms with van der Waals surface area (Å²) in [5, 5.41) is 0. The molecule has 0 aliphatic rings. The van der Waals surface area contributed by atoms with Crippen LogP contribution < -0.4 is 8.27 Å². The first-order chi connectivity index (χ1) is 1.41. The Morgan fingerprint density at radius 3 is 1.25 bits per heavy atom. The zero-order valence-electron chi connectivity index (χ0n) is 1.86. The maximum atomic E-state index is 4.66. The summed E-state index contributed by atoms with van der Waals surface area (Å²) >= 11 is 0.0700. The fraction of sp³-hybridized carbons (Fsp3) is 0. The monoisotopic (exact) mass is 175 g/mol. The summed E-state index contributed by atoms with van der Waals surface area (Å²) in [7, 11) is 0. The first-order valence-electron chi connectivity index (χ1n) is 0.348. The van der Waals surface area contributed by atoms with Crippen molar-refractivity contribution < 1.29 is 20.3 Å². The van der Waals surface area contributed by atoms with Gasteiger partial charge in [-0.1, -0.05) is 0 Å². The van der Waals surface area contributed by atoms with Crippen molar-refractivity contribution in [2.24, 2.45) is 8.27 Å². The van der Waals surface area contributed by atoms with E-state index in [4.69, 9.17) is 0 Å². The molecule has 0 unspecified atom stereocenters. The van der Waals surface area contributed by atoms with Crippen LogP contribution in [0.2, 0.25) is 0 Å². The Labute approximate surface area is 41.3 Å². The number of nitrogens with two attached hydrogens (primary N) is 2. The molecular formula is H5AgClN2. The molecule has 0 aliphatic carbocycles. The van der Waals surface area contributed by atoms with Crippen LogP contribution in [0.15, 0.2) is 0 Å². The third kappa shape index (κ3) is 12.4. The van der Waals surface area contributed by atoms with Crippen LogP contribution in [0.1, 0.15) is 0 Å². The molecule has 0 amide bonds. The molecule has 0 aromatic carbocycles. The Morgan fingerprint density at radius 1 is 1.25 bits per heavy atom. The molecule has 0 aromatic rings. The van der Waals surface area contributed by atoms with Crippen LogP contribution in [-0.2, 0) is 20.3 Å². The standard InChI is InChI=1S/Ag.ClH.2H2N/h;1H;2*1H2/q+2;;2*-1. The second kappa shape index (κ2) is 9.04. The van der Waals surface area contributed by atoms with Gasteiger partial charge in [-0.3, -0.25) is 0 Å². The molecule has 4 heteroatoms. The van der Waals surface area contributed by atoms with Crippen LogP contribution in [0.25, 0.3) is 0 Å². The molecule has 0 spiro atoms. The van der Waals surface area contributed by atoms with Gasteiger partial charge in [0.1, 0.15) is 0 Å². The molecule has 0 atom stereocenters. The van der Waals surface area contributed by atoms with Gasteiger partial charge in [0.2, 0.25) is 0 Å². The molecule has 0 rings (SSSR count). The molecule has 33 valence electrons. The quantitative estimate of drug-likeness (QED) is 0.477. The summed E-state index contributed by atoms with van der Waals surface area (Å²) in [5.41, 5.74) is 0. The normalized spacial score (nSPS) is 5.50. The van der Waals surface area contributed by atoms with Crippen LogP contribution in [-0.4, -0.2) is 0 Å². The summed E-state index contributed by atoms with van der Waals surface area (Å²) in [4.78, 5) is 0. The third-order valence-corrected chi connectivity index (χ3v) is 0. The number of hydrogen-bond acceptors (Lipinski definition) is 2. The van der Waals surface area contributed by atoms with Gasteiger partial charge in [-0.2, -0.15) is 0 Å². The predicted molar refractivity (Wildman–Crippen MR) is 15.6 cm³/mol. The molecule has 4 heavy (non-hydrogen) atoms. The molecule has 0 bridgehead atoms. The van der Waals surface area contributed by atoms with Gasteiger partial charge in [0.05, 0.1) is 0 Å². The number of rotatable bonds is 0. The first-order valence-corrected chi connectivity index (χ1v) is 2.06. The van der Waals surface area contributed by atoms with Crippen LogP contribution >= 0.6 is 12.4 Å². The summed E-state index contributed by atoms with van der Waals surface area (Å²) in [6.45, 7) is 0. The average Bonchev–Trinajstić information content (AvgIpc) is 0.918. The molecular weight excluding hydrogens is 171 g/mol. The maximum absolute atomic E-state index is 4.66. The molecule has 2 nitrogen and oxygen atoms in total. The van der Waals surface area contributed by atoms with Crippen molar-refractivity contribution in [1.82, 2.24) is 0 Å². The summed E-state index contributed by atoms with van der Waals surface area (Å²) in [5.74, 6) is 0. The molecule has 4 N–H and O–H groups in total. The minimum atomic E-state index is 0. The van der Waals surface area contributed by atoms with E-state index in [0.29, 0.717) is 0 Å². The SMILES string of the molecule is Cl.[NH2][Ag][NH2]. The van der Waals surface area contributed by atoms with E-state index >= 15 is 0 Å². The van der Waals surface area contributed by atoms with Gasteiger partial charge < -0.3 is 0 Å². The molecule has 0 aliphatic heterocycles. The van der Waals surface area contributed by atoms with Crippen molar-refractivity contribution in [2.75, 3.05) is 0 Å².